The number of anilines is 2. The second kappa shape index (κ2) is 11.8. The zero-order valence-corrected chi connectivity index (χ0v) is 21.7. The van der Waals surface area contributed by atoms with Crippen LogP contribution in [0.5, 0.6) is 5.75 Å². The van der Waals surface area contributed by atoms with Crippen LogP contribution in [0, 0.1) is 0 Å². The highest BCUT2D eigenvalue weighted by atomic mass is 32.2. The van der Waals surface area contributed by atoms with Gasteiger partial charge >= 0.3 is 0 Å². The molecule has 1 aliphatic rings. The van der Waals surface area contributed by atoms with Gasteiger partial charge in [0.05, 0.1) is 18.4 Å². The molecule has 2 amide bonds. The van der Waals surface area contributed by atoms with Crippen LogP contribution in [0.15, 0.2) is 88.5 Å². The summed E-state index contributed by atoms with van der Waals surface area (Å²) in [6.07, 6.45) is 0. The number of nitrogens with one attached hydrogen (secondary N) is 1. The fourth-order valence-electron chi connectivity index (χ4n) is 4.21. The van der Waals surface area contributed by atoms with Crippen molar-refractivity contribution in [2.45, 2.75) is 5.22 Å². The number of carbonyl (C=O) groups excluding carboxylic acids is 2. The molecule has 5 rings (SSSR count). The minimum absolute atomic E-state index is 0.0673. The predicted molar refractivity (Wildman–Crippen MR) is 147 cm³/mol. The highest BCUT2D eigenvalue weighted by Crippen LogP contribution is 2.30. The van der Waals surface area contributed by atoms with Gasteiger partial charge < -0.3 is 24.3 Å². The molecule has 1 fully saturated rings. The summed E-state index contributed by atoms with van der Waals surface area (Å²) in [5.74, 6) is 1.00. The van der Waals surface area contributed by atoms with E-state index in [1.807, 2.05) is 83.8 Å². The molecule has 0 radical (unpaired) electrons. The summed E-state index contributed by atoms with van der Waals surface area (Å²) in [5, 5.41) is 11.3. The molecular weight excluding hydrogens is 502 g/mol. The predicted octanol–water partition coefficient (Wildman–Crippen LogP) is 4.44. The number of aromatic nitrogens is 2. The molecule has 0 unspecified atom stereocenters. The Labute approximate surface area is 224 Å². The lowest BCUT2D eigenvalue weighted by molar-refractivity contribution is -0.113. The molecule has 1 aliphatic heterocycles. The van der Waals surface area contributed by atoms with Crippen molar-refractivity contribution in [1.29, 1.82) is 0 Å². The molecule has 0 aliphatic carbocycles. The topological polar surface area (TPSA) is 101 Å². The van der Waals surface area contributed by atoms with Gasteiger partial charge in [0.1, 0.15) is 5.75 Å². The Bertz CT molecular complexity index is 1390. The second-order valence-electron chi connectivity index (χ2n) is 8.60. The van der Waals surface area contributed by atoms with Crippen molar-refractivity contribution in [1.82, 2.24) is 15.1 Å². The van der Waals surface area contributed by atoms with Crippen molar-refractivity contribution in [3.05, 3.63) is 84.4 Å². The summed E-state index contributed by atoms with van der Waals surface area (Å²) in [4.78, 5) is 29.3. The molecule has 194 valence electrons. The van der Waals surface area contributed by atoms with Crippen LogP contribution in [-0.2, 0) is 4.79 Å². The number of rotatable bonds is 8. The molecule has 1 saturated heterocycles. The molecule has 1 aromatic heterocycles. The van der Waals surface area contributed by atoms with E-state index < -0.39 is 0 Å². The Morgan fingerprint density at radius 1 is 0.921 bits per heavy atom. The zero-order chi connectivity index (χ0) is 26.3. The first-order valence-corrected chi connectivity index (χ1v) is 13.2. The van der Waals surface area contributed by atoms with Crippen molar-refractivity contribution in [2.75, 3.05) is 49.3 Å². The molecular formula is C28H27N5O4S. The second-order valence-corrected chi connectivity index (χ2v) is 9.53. The summed E-state index contributed by atoms with van der Waals surface area (Å²) in [5.41, 5.74) is 3.18. The minimum atomic E-state index is -0.173. The largest absolute Gasteiger partial charge is 0.496 e. The molecule has 3 aromatic carbocycles. The summed E-state index contributed by atoms with van der Waals surface area (Å²) in [6.45, 7) is 2.83. The van der Waals surface area contributed by atoms with Crippen LogP contribution < -0.4 is 15.0 Å². The monoisotopic (exact) mass is 529 g/mol. The van der Waals surface area contributed by atoms with E-state index in [0.717, 1.165) is 24.3 Å². The van der Waals surface area contributed by atoms with Crippen molar-refractivity contribution in [3.8, 4) is 17.2 Å². The minimum Gasteiger partial charge on any atom is -0.496 e. The first-order valence-electron chi connectivity index (χ1n) is 12.2. The van der Waals surface area contributed by atoms with Crippen LogP contribution >= 0.6 is 11.8 Å². The van der Waals surface area contributed by atoms with Gasteiger partial charge in [-0.1, -0.05) is 42.1 Å². The summed E-state index contributed by atoms with van der Waals surface area (Å²) in [7, 11) is 1.58. The van der Waals surface area contributed by atoms with Gasteiger partial charge in [-0.15, -0.1) is 10.2 Å². The molecule has 38 heavy (non-hydrogen) atoms. The number of amides is 2. The van der Waals surface area contributed by atoms with Crippen LogP contribution in [0.25, 0.3) is 11.5 Å². The van der Waals surface area contributed by atoms with Gasteiger partial charge in [0.25, 0.3) is 17.0 Å². The number of hydrogen-bond acceptors (Lipinski definition) is 8. The zero-order valence-electron chi connectivity index (χ0n) is 20.9. The van der Waals surface area contributed by atoms with Gasteiger partial charge in [0, 0.05) is 43.1 Å². The average Bonchev–Trinajstić information content (AvgIpc) is 3.46. The maximum absolute atomic E-state index is 12.7. The van der Waals surface area contributed by atoms with Crippen molar-refractivity contribution in [3.63, 3.8) is 0 Å². The van der Waals surface area contributed by atoms with Crippen LogP contribution in [0.1, 0.15) is 10.4 Å². The van der Waals surface area contributed by atoms with E-state index in [-0.39, 0.29) is 17.6 Å². The normalized spacial score (nSPS) is 13.3. The van der Waals surface area contributed by atoms with Gasteiger partial charge in [0.2, 0.25) is 5.91 Å². The maximum Gasteiger partial charge on any atom is 0.277 e. The van der Waals surface area contributed by atoms with Crippen LogP contribution in [0.4, 0.5) is 11.4 Å². The number of nitrogens with zero attached hydrogens (tertiary/aromatic N) is 4. The van der Waals surface area contributed by atoms with Crippen LogP contribution in [-0.4, -0.2) is 66.0 Å². The maximum atomic E-state index is 12.7. The molecule has 0 bridgehead atoms. The fourth-order valence-corrected chi connectivity index (χ4v) is 4.77. The third kappa shape index (κ3) is 5.97. The molecule has 0 saturated carbocycles. The fraction of sp³-hybridized carbons (Fsp3) is 0.214. The highest BCUT2D eigenvalue weighted by molar-refractivity contribution is 7.99. The average molecular weight is 530 g/mol. The van der Waals surface area contributed by atoms with Gasteiger partial charge in [0.15, 0.2) is 0 Å². The van der Waals surface area contributed by atoms with Gasteiger partial charge in [-0.2, -0.15) is 0 Å². The van der Waals surface area contributed by atoms with Crippen LogP contribution in [0.3, 0.4) is 0 Å². The Morgan fingerprint density at radius 3 is 2.37 bits per heavy atom. The molecule has 9 nitrogen and oxygen atoms in total. The molecule has 0 atom stereocenters. The third-order valence-corrected chi connectivity index (χ3v) is 6.99. The third-order valence-electron chi connectivity index (χ3n) is 6.17. The lowest BCUT2D eigenvalue weighted by Gasteiger charge is -2.36. The molecule has 2 heterocycles. The Morgan fingerprint density at radius 2 is 1.63 bits per heavy atom. The summed E-state index contributed by atoms with van der Waals surface area (Å²) < 4.78 is 11.0. The quantitative estimate of drug-likeness (QED) is 0.335. The van der Waals surface area contributed by atoms with E-state index in [4.69, 9.17) is 9.15 Å². The number of benzene rings is 3. The van der Waals surface area contributed by atoms with Gasteiger partial charge in [-0.05, 0) is 48.5 Å². The first kappa shape index (κ1) is 25.3. The van der Waals surface area contributed by atoms with E-state index in [1.54, 1.807) is 7.11 Å². The Balaban J connectivity index is 1.09. The number of methoxy groups -OCH3 is 1. The van der Waals surface area contributed by atoms with Crippen molar-refractivity contribution >= 4 is 35.0 Å². The molecule has 10 heteroatoms. The van der Waals surface area contributed by atoms with Crippen molar-refractivity contribution < 1.29 is 18.7 Å². The number of carbonyl (C=O) groups is 2. The highest BCUT2D eigenvalue weighted by Gasteiger charge is 2.22. The number of ether oxygens (including phenoxy) is 1. The first-order chi connectivity index (χ1) is 18.6. The Kier molecular flexibility index (Phi) is 7.89. The van der Waals surface area contributed by atoms with Crippen molar-refractivity contribution in [2.24, 2.45) is 0 Å². The molecule has 1 N–H and O–H groups in total. The van der Waals surface area contributed by atoms with E-state index in [1.165, 1.54) is 11.8 Å². The Hall–Kier alpha value is -4.31. The van der Waals surface area contributed by atoms with E-state index in [9.17, 15) is 9.59 Å². The van der Waals surface area contributed by atoms with Crippen LogP contribution in [0.2, 0.25) is 0 Å². The van der Waals surface area contributed by atoms with E-state index in [2.05, 4.69) is 20.4 Å². The standard InChI is InChI=1S/C28H27N5O4S/c1-36-24-10-6-5-9-23(24)26-30-31-28(37-26)38-19-25(34)29-21-11-13-22(14-12-21)32-15-17-33(18-16-32)27(35)20-7-3-2-4-8-20/h2-14H,15-19H2,1H3,(H,29,34). The molecule has 0 spiro atoms. The van der Waals surface area contributed by atoms with E-state index >= 15 is 0 Å². The number of thioether (sulfide) groups is 1. The SMILES string of the molecule is COc1ccccc1-c1nnc(SCC(=O)Nc2ccc(N3CCN(C(=O)c4ccccc4)CC3)cc2)o1. The van der Waals surface area contributed by atoms with Gasteiger partial charge in [-0.3, -0.25) is 9.59 Å². The van der Waals surface area contributed by atoms with E-state index in [0.29, 0.717) is 41.2 Å². The lowest BCUT2D eigenvalue weighted by atomic mass is 10.1. The summed E-state index contributed by atoms with van der Waals surface area (Å²) in [6, 6.07) is 24.5. The number of para-hydroxylation sites is 1. The number of piperazine rings is 1. The lowest BCUT2D eigenvalue weighted by Crippen LogP contribution is -2.48. The number of hydrogen-bond donors (Lipinski definition) is 1. The summed E-state index contributed by atoms with van der Waals surface area (Å²) >= 11 is 1.17. The smallest absolute Gasteiger partial charge is 0.277 e. The van der Waals surface area contributed by atoms with Gasteiger partial charge in [-0.25, -0.2) is 0 Å². The molecule has 4 aromatic rings.